The lowest BCUT2D eigenvalue weighted by atomic mass is 9.92. The Kier molecular flexibility index (Phi) is 2.75. The molecule has 1 aromatic rings. The van der Waals surface area contributed by atoms with Gasteiger partial charge >= 0.3 is 0 Å². The van der Waals surface area contributed by atoms with E-state index in [4.69, 9.17) is 0 Å². The molecule has 0 bridgehead atoms. The molecule has 0 radical (unpaired) electrons. The Morgan fingerprint density at radius 3 is 2.67 bits per heavy atom. The molecule has 15 heavy (non-hydrogen) atoms. The Labute approximate surface area is 90.7 Å². The van der Waals surface area contributed by atoms with Crippen LogP contribution in [0, 0.1) is 6.92 Å². The fraction of sp³-hybridized carbons (Fsp3) is 0.636. The first-order valence-corrected chi connectivity index (χ1v) is 5.46. The molecule has 0 aromatic carbocycles. The summed E-state index contributed by atoms with van der Waals surface area (Å²) in [5, 5.41) is 3.09. The molecular weight excluding hydrogens is 188 g/mol. The van der Waals surface area contributed by atoms with Gasteiger partial charge in [0.2, 0.25) is 0 Å². The van der Waals surface area contributed by atoms with Gasteiger partial charge in [-0.2, -0.15) is 0 Å². The van der Waals surface area contributed by atoms with Crippen molar-refractivity contribution in [2.24, 2.45) is 0 Å². The van der Waals surface area contributed by atoms with Crippen LogP contribution in [0.15, 0.2) is 6.33 Å². The summed E-state index contributed by atoms with van der Waals surface area (Å²) < 4.78 is 0. The van der Waals surface area contributed by atoms with E-state index in [1.54, 1.807) is 6.33 Å². The highest BCUT2D eigenvalue weighted by atomic mass is 15.2. The van der Waals surface area contributed by atoms with Crippen LogP contribution in [-0.2, 0) is 0 Å². The number of hydrogen-bond donors (Lipinski definition) is 1. The van der Waals surface area contributed by atoms with Crippen molar-refractivity contribution in [3.8, 4) is 0 Å². The molecular formula is C11H18N4. The predicted molar refractivity (Wildman–Crippen MR) is 62.4 cm³/mol. The maximum atomic E-state index is 4.36. The summed E-state index contributed by atoms with van der Waals surface area (Å²) in [7, 11) is 4.01. The van der Waals surface area contributed by atoms with Gasteiger partial charge in [0.05, 0.1) is 0 Å². The summed E-state index contributed by atoms with van der Waals surface area (Å²) in [5.41, 5.74) is 1.13. The fourth-order valence-corrected chi connectivity index (χ4v) is 2.00. The molecule has 1 saturated carbocycles. The summed E-state index contributed by atoms with van der Waals surface area (Å²) in [4.78, 5) is 10.8. The van der Waals surface area contributed by atoms with Crippen molar-refractivity contribution in [3.05, 3.63) is 11.9 Å². The monoisotopic (exact) mass is 206 g/mol. The van der Waals surface area contributed by atoms with Gasteiger partial charge in [-0.25, -0.2) is 9.97 Å². The average molecular weight is 206 g/mol. The van der Waals surface area contributed by atoms with E-state index in [1.165, 1.54) is 19.3 Å². The standard InChI is InChI=1S/C11H18N4/c1-8-10(12-2)13-7-14-11(8)15(3)9-5-4-6-9/h7,9H,4-6H2,1-3H3,(H,12,13,14). The van der Waals surface area contributed by atoms with Crippen LogP contribution < -0.4 is 10.2 Å². The van der Waals surface area contributed by atoms with Gasteiger partial charge in [0.1, 0.15) is 18.0 Å². The molecule has 4 heteroatoms. The molecule has 1 heterocycles. The minimum Gasteiger partial charge on any atom is -0.373 e. The molecule has 1 aliphatic carbocycles. The summed E-state index contributed by atoms with van der Waals surface area (Å²) in [6.45, 7) is 2.07. The first kappa shape index (κ1) is 10.2. The Morgan fingerprint density at radius 1 is 1.40 bits per heavy atom. The molecule has 82 valence electrons. The molecule has 2 rings (SSSR count). The molecule has 0 unspecified atom stereocenters. The summed E-state index contributed by atoms with van der Waals surface area (Å²) in [5.74, 6) is 1.98. The molecule has 0 atom stereocenters. The normalized spacial score (nSPS) is 15.9. The second-order valence-corrected chi connectivity index (χ2v) is 4.12. The van der Waals surface area contributed by atoms with Crippen molar-refractivity contribution in [1.29, 1.82) is 0 Å². The predicted octanol–water partition coefficient (Wildman–Crippen LogP) is 1.82. The summed E-state index contributed by atoms with van der Waals surface area (Å²) >= 11 is 0. The third kappa shape index (κ3) is 1.76. The SMILES string of the molecule is CNc1ncnc(N(C)C2CCC2)c1C. The maximum absolute atomic E-state index is 4.36. The van der Waals surface area contributed by atoms with Gasteiger partial charge in [0.25, 0.3) is 0 Å². The molecule has 0 spiro atoms. The van der Waals surface area contributed by atoms with Crippen LogP contribution in [0.4, 0.5) is 11.6 Å². The Bertz CT molecular complexity index is 346. The molecule has 0 aliphatic heterocycles. The van der Waals surface area contributed by atoms with E-state index in [1.807, 2.05) is 7.05 Å². The topological polar surface area (TPSA) is 41.1 Å². The third-order valence-corrected chi connectivity index (χ3v) is 3.25. The highest BCUT2D eigenvalue weighted by Gasteiger charge is 2.24. The molecule has 1 aromatic heterocycles. The number of nitrogens with one attached hydrogen (secondary N) is 1. The Morgan fingerprint density at radius 2 is 2.13 bits per heavy atom. The van der Waals surface area contributed by atoms with E-state index < -0.39 is 0 Å². The Balaban J connectivity index is 2.26. The third-order valence-electron chi connectivity index (χ3n) is 3.25. The molecule has 1 aliphatic rings. The second-order valence-electron chi connectivity index (χ2n) is 4.12. The summed E-state index contributed by atoms with van der Waals surface area (Å²) in [6.07, 6.45) is 5.55. The summed E-state index contributed by atoms with van der Waals surface area (Å²) in [6, 6.07) is 0.670. The Hall–Kier alpha value is -1.32. The van der Waals surface area contributed by atoms with Crippen molar-refractivity contribution in [3.63, 3.8) is 0 Å². The van der Waals surface area contributed by atoms with E-state index in [0.717, 1.165) is 17.2 Å². The van der Waals surface area contributed by atoms with Gasteiger partial charge in [0.15, 0.2) is 0 Å². The number of aromatic nitrogens is 2. The zero-order valence-corrected chi connectivity index (χ0v) is 9.62. The first-order chi connectivity index (χ1) is 7.24. The van der Waals surface area contributed by atoms with Crippen LogP contribution >= 0.6 is 0 Å². The number of anilines is 2. The highest BCUT2D eigenvalue weighted by molar-refractivity contribution is 5.57. The molecule has 1 N–H and O–H groups in total. The van der Waals surface area contributed by atoms with Gasteiger partial charge in [-0.15, -0.1) is 0 Å². The van der Waals surface area contributed by atoms with Gasteiger partial charge in [-0.3, -0.25) is 0 Å². The van der Waals surface area contributed by atoms with Crippen LogP contribution in [0.3, 0.4) is 0 Å². The van der Waals surface area contributed by atoms with E-state index in [-0.39, 0.29) is 0 Å². The second kappa shape index (κ2) is 4.04. The van der Waals surface area contributed by atoms with E-state index >= 15 is 0 Å². The van der Waals surface area contributed by atoms with Crippen molar-refractivity contribution in [1.82, 2.24) is 9.97 Å². The van der Waals surface area contributed by atoms with Gasteiger partial charge in [0, 0.05) is 25.7 Å². The zero-order chi connectivity index (χ0) is 10.8. The van der Waals surface area contributed by atoms with Crippen molar-refractivity contribution >= 4 is 11.6 Å². The lowest BCUT2D eigenvalue weighted by Crippen LogP contribution is -2.38. The average Bonchev–Trinajstić information content (AvgIpc) is 2.15. The molecule has 4 nitrogen and oxygen atoms in total. The van der Waals surface area contributed by atoms with Crippen LogP contribution in [0.25, 0.3) is 0 Å². The minimum atomic E-state index is 0.670. The van der Waals surface area contributed by atoms with E-state index in [2.05, 4.69) is 34.2 Å². The number of hydrogen-bond acceptors (Lipinski definition) is 4. The van der Waals surface area contributed by atoms with Crippen molar-refractivity contribution < 1.29 is 0 Å². The number of nitrogens with zero attached hydrogens (tertiary/aromatic N) is 3. The number of rotatable bonds is 3. The lowest BCUT2D eigenvalue weighted by molar-refractivity contribution is 0.399. The smallest absolute Gasteiger partial charge is 0.137 e. The van der Waals surface area contributed by atoms with Gasteiger partial charge < -0.3 is 10.2 Å². The van der Waals surface area contributed by atoms with Crippen LogP contribution in [0.1, 0.15) is 24.8 Å². The molecule has 1 fully saturated rings. The minimum absolute atomic E-state index is 0.670. The molecule has 0 saturated heterocycles. The van der Waals surface area contributed by atoms with Crippen molar-refractivity contribution in [2.75, 3.05) is 24.3 Å². The fourth-order valence-electron chi connectivity index (χ4n) is 2.00. The van der Waals surface area contributed by atoms with Crippen LogP contribution in [0.5, 0.6) is 0 Å². The lowest BCUT2D eigenvalue weighted by Gasteiger charge is -2.36. The van der Waals surface area contributed by atoms with Gasteiger partial charge in [-0.05, 0) is 26.2 Å². The largest absolute Gasteiger partial charge is 0.373 e. The van der Waals surface area contributed by atoms with Crippen LogP contribution in [0.2, 0.25) is 0 Å². The quantitative estimate of drug-likeness (QED) is 0.819. The van der Waals surface area contributed by atoms with E-state index in [9.17, 15) is 0 Å². The van der Waals surface area contributed by atoms with Crippen molar-refractivity contribution in [2.45, 2.75) is 32.2 Å². The van der Waals surface area contributed by atoms with Gasteiger partial charge in [-0.1, -0.05) is 0 Å². The van der Waals surface area contributed by atoms with E-state index in [0.29, 0.717) is 6.04 Å². The van der Waals surface area contributed by atoms with Crippen LogP contribution in [-0.4, -0.2) is 30.1 Å². The molecule has 0 amide bonds. The maximum Gasteiger partial charge on any atom is 0.137 e. The highest BCUT2D eigenvalue weighted by Crippen LogP contribution is 2.30. The first-order valence-electron chi connectivity index (χ1n) is 5.46. The zero-order valence-electron chi connectivity index (χ0n) is 9.62.